The molecule has 1 fully saturated rings. The van der Waals surface area contributed by atoms with Crippen LogP contribution in [0.25, 0.3) is 11.0 Å². The van der Waals surface area contributed by atoms with E-state index in [-0.39, 0.29) is 30.3 Å². The number of likely N-dealkylation sites (N-methyl/N-ethyl adjacent to an activating group) is 1. The first kappa shape index (κ1) is 27.6. The van der Waals surface area contributed by atoms with Gasteiger partial charge in [-0.05, 0) is 64.5 Å². The first-order valence-corrected chi connectivity index (χ1v) is 12.2. The summed E-state index contributed by atoms with van der Waals surface area (Å²) in [4.78, 5) is 38.8. The van der Waals surface area contributed by atoms with E-state index in [1.165, 1.54) is 0 Å². The minimum atomic E-state index is -0.267. The topological polar surface area (TPSA) is 83.4 Å². The van der Waals surface area contributed by atoms with E-state index >= 15 is 0 Å². The Bertz CT molecular complexity index is 1260. The van der Waals surface area contributed by atoms with Gasteiger partial charge >= 0.3 is 0 Å². The summed E-state index contributed by atoms with van der Waals surface area (Å²) in [6.45, 7) is 3.75. The maximum absolute atomic E-state index is 13.1. The van der Waals surface area contributed by atoms with Gasteiger partial charge in [0.1, 0.15) is 0 Å². The van der Waals surface area contributed by atoms with Crippen LogP contribution in [0, 0.1) is 6.92 Å². The number of aromatic nitrogens is 3. The molecule has 1 atom stereocenters. The quantitative estimate of drug-likeness (QED) is 0.465. The lowest BCUT2D eigenvalue weighted by atomic mass is 10.1. The van der Waals surface area contributed by atoms with E-state index in [0.29, 0.717) is 41.7 Å². The van der Waals surface area contributed by atoms with Gasteiger partial charge in [-0.25, -0.2) is 4.98 Å². The molecule has 8 nitrogen and oxygen atoms in total. The molecule has 1 aliphatic rings. The lowest BCUT2D eigenvalue weighted by Gasteiger charge is -2.26. The Morgan fingerprint density at radius 3 is 2.81 bits per heavy atom. The van der Waals surface area contributed by atoms with Crippen molar-refractivity contribution in [3.8, 4) is 0 Å². The second kappa shape index (κ2) is 12.3. The predicted molar refractivity (Wildman–Crippen MR) is 146 cm³/mol. The summed E-state index contributed by atoms with van der Waals surface area (Å²) in [7, 11) is 3.93. The van der Waals surface area contributed by atoms with Gasteiger partial charge in [-0.1, -0.05) is 23.7 Å². The van der Waals surface area contributed by atoms with Crippen molar-refractivity contribution in [2.75, 3.05) is 39.0 Å². The molecule has 1 aromatic carbocycles. The molecule has 0 unspecified atom stereocenters. The average molecular weight is 531 g/mol. The number of imidazole rings is 1. The lowest BCUT2D eigenvalue weighted by Crippen LogP contribution is -2.34. The molecule has 2 amide bonds. The molecule has 0 radical (unpaired) electrons. The van der Waals surface area contributed by atoms with Gasteiger partial charge in [0.2, 0.25) is 11.9 Å². The monoisotopic (exact) mass is 530 g/mol. The van der Waals surface area contributed by atoms with Crippen molar-refractivity contribution in [1.29, 1.82) is 0 Å². The molecule has 0 aliphatic carbocycles. The van der Waals surface area contributed by atoms with Crippen molar-refractivity contribution in [1.82, 2.24) is 24.3 Å². The number of hydrogen-bond donors (Lipinski definition) is 1. The number of pyridine rings is 1. The Morgan fingerprint density at radius 2 is 2.06 bits per heavy atom. The number of halogens is 2. The number of aryl methyl sites for hydroxylation is 1. The number of carbonyl (C=O) groups is 2. The first-order valence-electron chi connectivity index (χ1n) is 11.8. The normalized spacial score (nSPS) is 16.2. The third-order valence-electron chi connectivity index (χ3n) is 6.10. The Morgan fingerprint density at radius 1 is 1.25 bits per heavy atom. The van der Waals surface area contributed by atoms with Crippen LogP contribution in [0.1, 0.15) is 41.4 Å². The summed E-state index contributed by atoms with van der Waals surface area (Å²) in [6, 6.07) is 8.88. The minimum Gasteiger partial charge on any atom is -0.337 e. The smallest absolute Gasteiger partial charge is 0.258 e. The number of amides is 2. The largest absolute Gasteiger partial charge is 0.337 e. The molecular weight excluding hydrogens is 499 g/mol. The van der Waals surface area contributed by atoms with E-state index in [9.17, 15) is 9.59 Å². The summed E-state index contributed by atoms with van der Waals surface area (Å²) in [5, 5.41) is 3.54. The molecule has 1 saturated heterocycles. The molecule has 0 bridgehead atoms. The van der Waals surface area contributed by atoms with E-state index in [1.807, 2.05) is 59.7 Å². The lowest BCUT2D eigenvalue weighted by molar-refractivity contribution is -0.126. The van der Waals surface area contributed by atoms with Crippen LogP contribution in [-0.4, -0.2) is 69.9 Å². The van der Waals surface area contributed by atoms with Crippen molar-refractivity contribution in [3.05, 3.63) is 65.0 Å². The highest BCUT2D eigenvalue weighted by atomic mass is 35.5. The van der Waals surface area contributed by atoms with E-state index in [2.05, 4.69) is 10.3 Å². The van der Waals surface area contributed by atoms with Gasteiger partial charge in [0.25, 0.3) is 5.91 Å². The Labute approximate surface area is 222 Å². The van der Waals surface area contributed by atoms with E-state index in [4.69, 9.17) is 16.6 Å². The van der Waals surface area contributed by atoms with Crippen LogP contribution in [0.5, 0.6) is 0 Å². The Kier molecular flexibility index (Phi) is 9.48. The fourth-order valence-corrected chi connectivity index (χ4v) is 4.67. The molecule has 2 aromatic heterocycles. The Balaban J connectivity index is 0.00000361. The van der Waals surface area contributed by atoms with Crippen LogP contribution in [-0.2, 0) is 4.79 Å². The van der Waals surface area contributed by atoms with E-state index in [0.717, 1.165) is 30.5 Å². The van der Waals surface area contributed by atoms with Crippen LogP contribution < -0.4 is 5.32 Å². The van der Waals surface area contributed by atoms with Crippen LogP contribution in [0.15, 0.2) is 48.7 Å². The number of carbonyl (C=O) groups excluding carboxylic acids is 2. The molecule has 36 heavy (non-hydrogen) atoms. The zero-order valence-corrected chi connectivity index (χ0v) is 22.3. The van der Waals surface area contributed by atoms with Gasteiger partial charge in [0.15, 0.2) is 0 Å². The number of nitrogens with one attached hydrogen (secondary N) is 1. The van der Waals surface area contributed by atoms with Crippen LogP contribution in [0.3, 0.4) is 0 Å². The fraction of sp³-hybridized carbons (Fsp3) is 0.385. The second-order valence-electron chi connectivity index (χ2n) is 9.15. The van der Waals surface area contributed by atoms with Crippen LogP contribution >= 0.6 is 24.0 Å². The van der Waals surface area contributed by atoms with Crippen molar-refractivity contribution in [3.63, 3.8) is 0 Å². The summed E-state index contributed by atoms with van der Waals surface area (Å²) in [5.74, 6) is 0.151. The van der Waals surface area contributed by atoms with Crippen molar-refractivity contribution < 1.29 is 9.59 Å². The zero-order valence-electron chi connectivity index (χ0n) is 20.8. The highest BCUT2D eigenvalue weighted by molar-refractivity contribution is 6.35. The summed E-state index contributed by atoms with van der Waals surface area (Å²) >= 11 is 6.63. The van der Waals surface area contributed by atoms with Gasteiger partial charge < -0.3 is 14.4 Å². The highest BCUT2D eigenvalue weighted by Crippen LogP contribution is 2.34. The molecule has 192 valence electrons. The van der Waals surface area contributed by atoms with Gasteiger partial charge in [0.05, 0.1) is 22.1 Å². The Hall–Kier alpha value is -2.94. The molecule has 3 aromatic rings. The number of hydrogen-bond acceptors (Lipinski definition) is 5. The van der Waals surface area contributed by atoms with Crippen LogP contribution in [0.4, 0.5) is 5.95 Å². The molecule has 1 aliphatic heterocycles. The fourth-order valence-electron chi connectivity index (χ4n) is 4.41. The second-order valence-corrected chi connectivity index (χ2v) is 9.56. The number of anilines is 1. The minimum absolute atomic E-state index is 0. The van der Waals surface area contributed by atoms with E-state index < -0.39 is 0 Å². The SMILES string of the molecule is Cc1cc(C(=O)Nc2nc3cccc(Cl)c3n2[C@@H]2CCCCN(C(=O)/C=C/CN(C)C)C2)ccn1.Cl. The maximum atomic E-state index is 13.1. The molecule has 10 heteroatoms. The average Bonchev–Trinajstić information content (AvgIpc) is 3.01. The van der Waals surface area contributed by atoms with E-state index in [1.54, 1.807) is 24.4 Å². The van der Waals surface area contributed by atoms with Gasteiger partial charge in [-0.3, -0.25) is 19.9 Å². The van der Waals surface area contributed by atoms with Crippen LogP contribution in [0.2, 0.25) is 5.02 Å². The van der Waals surface area contributed by atoms with Gasteiger partial charge in [-0.15, -0.1) is 12.4 Å². The number of nitrogens with zero attached hydrogens (tertiary/aromatic N) is 5. The molecule has 3 heterocycles. The summed E-state index contributed by atoms with van der Waals surface area (Å²) in [5.41, 5.74) is 2.73. The molecule has 0 spiro atoms. The number of rotatable bonds is 6. The van der Waals surface area contributed by atoms with Gasteiger partial charge in [-0.2, -0.15) is 0 Å². The highest BCUT2D eigenvalue weighted by Gasteiger charge is 2.27. The maximum Gasteiger partial charge on any atom is 0.258 e. The number of benzene rings is 1. The number of para-hydroxylation sites is 1. The third kappa shape index (κ3) is 6.43. The molecule has 0 saturated carbocycles. The van der Waals surface area contributed by atoms with Crippen molar-refractivity contribution in [2.24, 2.45) is 0 Å². The summed E-state index contributed by atoms with van der Waals surface area (Å²) < 4.78 is 2.00. The number of likely N-dealkylation sites (tertiary alicyclic amines) is 1. The molecule has 4 rings (SSSR count). The standard InChI is InChI=1S/C26H31ClN6O2.ClH/c1-18-16-19(12-13-28-18)25(35)30-26-29-22-10-6-9-21(27)24(22)33(26)20-8-4-5-15-32(17-20)23(34)11-7-14-31(2)3;/h6-7,9-13,16,20H,4-5,8,14-15,17H2,1-3H3,(H,29,30,35);1H/b11-7+;/t20-;/m1./s1. The molecule has 1 N–H and O–H groups in total. The van der Waals surface area contributed by atoms with Crippen molar-refractivity contribution in [2.45, 2.75) is 32.2 Å². The zero-order chi connectivity index (χ0) is 24.9. The van der Waals surface area contributed by atoms with Gasteiger partial charge in [0, 0.05) is 43.2 Å². The number of fused-ring (bicyclic) bond motifs is 1. The van der Waals surface area contributed by atoms with Crippen molar-refractivity contribution >= 4 is 52.8 Å². The summed E-state index contributed by atoms with van der Waals surface area (Å²) in [6.07, 6.45) is 7.87. The third-order valence-corrected chi connectivity index (χ3v) is 6.40. The predicted octanol–water partition coefficient (Wildman–Crippen LogP) is 4.74. The first-order chi connectivity index (χ1) is 16.8. The molecular formula is C26H32Cl2N6O2.